The Morgan fingerprint density at radius 1 is 1.06 bits per heavy atom. The Morgan fingerprint density at radius 2 is 1.78 bits per heavy atom. The Labute approximate surface area is 190 Å². The molecule has 2 aromatic carbocycles. The largest absolute Gasteiger partial charge is 0.490 e. The van der Waals surface area contributed by atoms with E-state index in [2.05, 4.69) is 32.0 Å². The fourth-order valence-corrected chi connectivity index (χ4v) is 3.88. The van der Waals surface area contributed by atoms with E-state index in [4.69, 9.17) is 10.00 Å². The van der Waals surface area contributed by atoms with Crippen LogP contribution in [-0.2, 0) is 9.59 Å². The van der Waals surface area contributed by atoms with Gasteiger partial charge in [0.05, 0.1) is 12.5 Å². The number of hydrogen-bond donors (Lipinski definition) is 0. The smallest absolute Gasteiger partial charge is 0.227 e. The number of carbonyl (C=O) groups is 2. The van der Waals surface area contributed by atoms with Crippen LogP contribution in [0.3, 0.4) is 0 Å². The molecule has 0 saturated carbocycles. The van der Waals surface area contributed by atoms with Crippen molar-refractivity contribution in [2.75, 3.05) is 24.5 Å². The monoisotopic (exact) mass is 433 g/mol. The second-order valence-electron chi connectivity index (χ2n) is 8.23. The summed E-state index contributed by atoms with van der Waals surface area (Å²) in [4.78, 5) is 28.9. The van der Waals surface area contributed by atoms with Crippen LogP contribution in [0.15, 0.2) is 48.5 Å². The van der Waals surface area contributed by atoms with E-state index in [0.717, 1.165) is 24.3 Å². The van der Waals surface area contributed by atoms with Gasteiger partial charge in [0.25, 0.3) is 0 Å². The Bertz CT molecular complexity index is 960. The van der Waals surface area contributed by atoms with Crippen LogP contribution in [0.1, 0.15) is 43.2 Å². The lowest BCUT2D eigenvalue weighted by Crippen LogP contribution is -2.42. The molecule has 0 bridgehead atoms. The second kappa shape index (κ2) is 11.3. The van der Waals surface area contributed by atoms with Crippen molar-refractivity contribution < 1.29 is 14.3 Å². The minimum Gasteiger partial charge on any atom is -0.490 e. The van der Waals surface area contributed by atoms with Crippen LogP contribution in [0.2, 0.25) is 0 Å². The molecule has 3 rings (SSSR count). The first-order valence-electron chi connectivity index (χ1n) is 11.2. The van der Waals surface area contributed by atoms with Gasteiger partial charge in [-0.2, -0.15) is 5.26 Å². The van der Waals surface area contributed by atoms with Crippen LogP contribution in [0.4, 0.5) is 5.69 Å². The van der Waals surface area contributed by atoms with E-state index < -0.39 is 0 Å². The molecule has 32 heavy (non-hydrogen) atoms. The maximum absolute atomic E-state index is 12.8. The number of ether oxygens (including phenoxy) is 1. The Morgan fingerprint density at radius 3 is 2.44 bits per heavy atom. The molecule has 0 radical (unpaired) electrons. The van der Waals surface area contributed by atoms with Crippen molar-refractivity contribution in [1.82, 2.24) is 4.90 Å². The summed E-state index contributed by atoms with van der Waals surface area (Å²) in [6, 6.07) is 17.5. The Balaban J connectivity index is 1.47. The van der Waals surface area contributed by atoms with Crippen LogP contribution in [0, 0.1) is 25.2 Å². The zero-order valence-corrected chi connectivity index (χ0v) is 18.9. The zero-order valence-electron chi connectivity index (χ0n) is 18.9. The fraction of sp³-hybridized carbons (Fsp3) is 0.423. The van der Waals surface area contributed by atoms with Crippen LogP contribution >= 0.6 is 0 Å². The van der Waals surface area contributed by atoms with E-state index in [9.17, 15) is 9.59 Å². The summed E-state index contributed by atoms with van der Waals surface area (Å²) in [6.07, 6.45) is 2.23. The third kappa shape index (κ3) is 6.34. The van der Waals surface area contributed by atoms with Crippen molar-refractivity contribution in [3.8, 4) is 11.8 Å². The van der Waals surface area contributed by atoms with E-state index >= 15 is 0 Å². The summed E-state index contributed by atoms with van der Waals surface area (Å²) in [6.45, 7) is 5.76. The number of hydrogen-bond acceptors (Lipinski definition) is 4. The molecule has 0 unspecified atom stereocenters. The number of piperidine rings is 1. The van der Waals surface area contributed by atoms with Gasteiger partial charge in [-0.15, -0.1) is 0 Å². The number of para-hydroxylation sites is 1. The molecule has 0 N–H and O–H groups in total. The number of amides is 2. The predicted octanol–water partition coefficient (Wildman–Crippen LogP) is 4.40. The predicted molar refractivity (Wildman–Crippen MR) is 124 cm³/mol. The van der Waals surface area contributed by atoms with Crippen molar-refractivity contribution in [3.63, 3.8) is 0 Å². The Hall–Kier alpha value is -3.33. The lowest BCUT2D eigenvalue weighted by Gasteiger charge is -2.32. The van der Waals surface area contributed by atoms with E-state index in [0.29, 0.717) is 19.6 Å². The van der Waals surface area contributed by atoms with E-state index in [1.807, 2.05) is 41.3 Å². The van der Waals surface area contributed by atoms with Gasteiger partial charge in [0.15, 0.2) is 0 Å². The summed E-state index contributed by atoms with van der Waals surface area (Å²) in [5.41, 5.74) is 3.20. The molecule has 0 aromatic heterocycles. The quantitative estimate of drug-likeness (QED) is 0.618. The second-order valence-corrected chi connectivity index (χ2v) is 8.23. The standard InChI is InChI=1S/C26H31N3O3/c1-20-9-10-24(19-21(20)2)32-23-13-17-28(18-14-23)25(30)11-12-26(31)29(16-6-15-27)22-7-4-3-5-8-22/h3-5,7-10,19,23H,6,11-14,16-18H2,1-2H3. The van der Waals surface area contributed by atoms with Gasteiger partial charge < -0.3 is 14.5 Å². The van der Waals surface area contributed by atoms with E-state index in [1.54, 1.807) is 4.90 Å². The molecule has 168 valence electrons. The molecule has 6 nitrogen and oxygen atoms in total. The molecule has 6 heteroatoms. The van der Waals surface area contributed by atoms with E-state index in [-0.39, 0.29) is 37.2 Å². The molecule has 1 fully saturated rings. The molecular weight excluding hydrogens is 402 g/mol. The molecule has 1 saturated heterocycles. The van der Waals surface area contributed by atoms with Crippen molar-refractivity contribution in [2.24, 2.45) is 0 Å². The van der Waals surface area contributed by atoms with Crippen molar-refractivity contribution in [2.45, 2.75) is 52.1 Å². The van der Waals surface area contributed by atoms with Crippen LogP contribution < -0.4 is 9.64 Å². The first kappa shape index (κ1) is 23.3. The number of rotatable bonds is 8. The zero-order chi connectivity index (χ0) is 22.9. The number of nitriles is 1. The van der Waals surface area contributed by atoms with Crippen molar-refractivity contribution >= 4 is 17.5 Å². The number of aryl methyl sites for hydroxylation is 2. The van der Waals surface area contributed by atoms with Crippen LogP contribution in [-0.4, -0.2) is 42.5 Å². The molecule has 1 heterocycles. The average Bonchev–Trinajstić information content (AvgIpc) is 2.81. The number of benzene rings is 2. The van der Waals surface area contributed by atoms with Gasteiger partial charge in [-0.1, -0.05) is 24.3 Å². The minimum absolute atomic E-state index is 0.00345. The van der Waals surface area contributed by atoms with Gasteiger partial charge in [-0.3, -0.25) is 9.59 Å². The summed E-state index contributed by atoms with van der Waals surface area (Å²) >= 11 is 0. The first-order valence-corrected chi connectivity index (χ1v) is 11.2. The SMILES string of the molecule is Cc1ccc(OC2CCN(C(=O)CCC(=O)N(CCC#N)c3ccccc3)CC2)cc1C. The van der Waals surface area contributed by atoms with Gasteiger partial charge >= 0.3 is 0 Å². The average molecular weight is 434 g/mol. The summed E-state index contributed by atoms with van der Waals surface area (Å²) in [5.74, 6) is 0.742. The van der Waals surface area contributed by atoms with Gasteiger partial charge in [0.2, 0.25) is 11.8 Å². The summed E-state index contributed by atoms with van der Waals surface area (Å²) in [7, 11) is 0. The first-order chi connectivity index (χ1) is 15.5. The maximum atomic E-state index is 12.8. The number of anilines is 1. The normalized spacial score (nSPS) is 14.0. The van der Waals surface area contributed by atoms with Crippen molar-refractivity contribution in [1.29, 1.82) is 5.26 Å². The minimum atomic E-state index is -0.132. The molecule has 1 aliphatic rings. The van der Waals surface area contributed by atoms with E-state index in [1.165, 1.54) is 11.1 Å². The number of likely N-dealkylation sites (tertiary alicyclic amines) is 1. The molecular formula is C26H31N3O3. The lowest BCUT2D eigenvalue weighted by molar-refractivity contribution is -0.134. The lowest BCUT2D eigenvalue weighted by atomic mass is 10.1. The van der Waals surface area contributed by atoms with Crippen molar-refractivity contribution in [3.05, 3.63) is 59.7 Å². The summed E-state index contributed by atoms with van der Waals surface area (Å²) < 4.78 is 6.11. The van der Waals surface area contributed by atoms with Gasteiger partial charge in [0.1, 0.15) is 11.9 Å². The molecule has 1 aliphatic heterocycles. The fourth-order valence-electron chi connectivity index (χ4n) is 3.88. The highest BCUT2D eigenvalue weighted by Crippen LogP contribution is 2.22. The maximum Gasteiger partial charge on any atom is 0.227 e. The highest BCUT2D eigenvalue weighted by Gasteiger charge is 2.25. The highest BCUT2D eigenvalue weighted by molar-refractivity contribution is 5.95. The Kier molecular flexibility index (Phi) is 8.27. The summed E-state index contributed by atoms with van der Waals surface area (Å²) in [5, 5.41) is 8.91. The van der Waals surface area contributed by atoms with Crippen LogP contribution in [0.5, 0.6) is 5.75 Å². The van der Waals surface area contributed by atoms with Crippen LogP contribution in [0.25, 0.3) is 0 Å². The topological polar surface area (TPSA) is 73.6 Å². The molecule has 0 spiro atoms. The van der Waals surface area contributed by atoms with Gasteiger partial charge in [-0.25, -0.2) is 0 Å². The molecule has 0 aliphatic carbocycles. The van der Waals surface area contributed by atoms with Gasteiger partial charge in [0, 0.05) is 51.0 Å². The van der Waals surface area contributed by atoms with Gasteiger partial charge in [-0.05, 0) is 49.2 Å². The third-order valence-electron chi connectivity index (χ3n) is 5.94. The molecule has 2 aromatic rings. The number of nitrogens with zero attached hydrogens (tertiary/aromatic N) is 3. The third-order valence-corrected chi connectivity index (χ3v) is 5.94. The molecule has 2 amide bonds. The number of carbonyl (C=O) groups excluding carboxylic acids is 2. The highest BCUT2D eigenvalue weighted by atomic mass is 16.5. The molecule has 0 atom stereocenters.